The number of urea groups is 1. The molecular weight excluding hydrogens is 378 g/mol. The minimum atomic E-state index is -0.638. The summed E-state index contributed by atoms with van der Waals surface area (Å²) >= 11 is 0. The first-order valence-electron chi connectivity index (χ1n) is 9.78. The predicted octanol–water partition coefficient (Wildman–Crippen LogP) is 0.262. The van der Waals surface area contributed by atoms with Crippen LogP contribution < -0.4 is 10.6 Å². The molecule has 1 aromatic rings. The van der Waals surface area contributed by atoms with Gasteiger partial charge in [0.25, 0.3) is 0 Å². The van der Waals surface area contributed by atoms with E-state index in [1.807, 2.05) is 11.9 Å². The molecule has 0 aromatic carbocycles. The molecule has 0 bridgehead atoms. The third-order valence-electron chi connectivity index (χ3n) is 5.26. The van der Waals surface area contributed by atoms with Gasteiger partial charge in [0.15, 0.2) is 5.76 Å². The van der Waals surface area contributed by atoms with Crippen LogP contribution >= 0.6 is 0 Å². The summed E-state index contributed by atoms with van der Waals surface area (Å²) in [4.78, 5) is 28.8. The Morgan fingerprint density at radius 3 is 2.59 bits per heavy atom. The minimum absolute atomic E-state index is 0.0343. The quantitative estimate of drug-likeness (QED) is 0.599. The third kappa shape index (κ3) is 5.34. The van der Waals surface area contributed by atoms with Gasteiger partial charge in [-0.1, -0.05) is 17.3 Å². The standard InChI is InChI=1S/C19H29N5O5/c1-12-18(13(2)29-22-12)21-19(27)20-15-5-4-14(28-16(15)11-25)10-17(26)24-8-6-23(3)7-9-24/h4-5,14-16,25H,6-11H2,1-3H3,(H2,20,21,27)/t14-,15+,16-/m1/s1. The van der Waals surface area contributed by atoms with Gasteiger partial charge in [-0.05, 0) is 20.9 Å². The number of likely N-dealkylation sites (N-methyl/N-ethyl adjacent to an activating group) is 1. The third-order valence-corrected chi connectivity index (χ3v) is 5.26. The summed E-state index contributed by atoms with van der Waals surface area (Å²) in [5, 5.41) is 18.9. The molecule has 3 N–H and O–H groups in total. The number of aliphatic hydroxyl groups is 1. The summed E-state index contributed by atoms with van der Waals surface area (Å²) in [6, 6.07) is -0.974. The normalized spacial score (nSPS) is 25.1. The molecule has 1 aromatic heterocycles. The molecule has 10 heteroatoms. The maximum atomic E-state index is 12.5. The van der Waals surface area contributed by atoms with Gasteiger partial charge in [-0.3, -0.25) is 4.79 Å². The highest BCUT2D eigenvalue weighted by atomic mass is 16.5. The molecule has 1 saturated heterocycles. The second-order valence-electron chi connectivity index (χ2n) is 7.49. The maximum absolute atomic E-state index is 12.5. The summed E-state index contributed by atoms with van der Waals surface area (Å²) in [5.74, 6) is 0.543. The van der Waals surface area contributed by atoms with Crippen molar-refractivity contribution in [3.8, 4) is 0 Å². The van der Waals surface area contributed by atoms with Gasteiger partial charge < -0.3 is 34.8 Å². The molecule has 1 fully saturated rings. The zero-order valence-corrected chi connectivity index (χ0v) is 17.1. The van der Waals surface area contributed by atoms with E-state index in [2.05, 4.69) is 20.7 Å². The Morgan fingerprint density at radius 2 is 1.97 bits per heavy atom. The molecule has 3 heterocycles. The summed E-state index contributed by atoms with van der Waals surface area (Å²) in [6.45, 7) is 6.30. The van der Waals surface area contributed by atoms with Crippen LogP contribution in [0, 0.1) is 13.8 Å². The van der Waals surface area contributed by atoms with Crippen molar-refractivity contribution >= 4 is 17.6 Å². The van der Waals surface area contributed by atoms with Gasteiger partial charge in [0.2, 0.25) is 5.91 Å². The molecule has 29 heavy (non-hydrogen) atoms. The lowest BCUT2D eigenvalue weighted by Crippen LogP contribution is -2.51. The van der Waals surface area contributed by atoms with Crippen LogP contribution in [0.25, 0.3) is 0 Å². The number of rotatable bonds is 5. The highest BCUT2D eigenvalue weighted by Gasteiger charge is 2.30. The van der Waals surface area contributed by atoms with Crippen molar-refractivity contribution < 1.29 is 24.0 Å². The summed E-state index contributed by atoms with van der Waals surface area (Å²) in [6.07, 6.45) is 2.68. The summed E-state index contributed by atoms with van der Waals surface area (Å²) < 4.78 is 10.9. The lowest BCUT2D eigenvalue weighted by atomic mass is 10.0. The zero-order chi connectivity index (χ0) is 21.0. The SMILES string of the molecule is Cc1noc(C)c1NC(=O)N[C@H]1C=C[C@H](CC(=O)N2CCN(C)CC2)O[C@@H]1CO. The number of hydrogen-bond acceptors (Lipinski definition) is 7. The molecule has 2 aliphatic rings. The van der Waals surface area contributed by atoms with Crippen LogP contribution in [0.15, 0.2) is 16.7 Å². The fraction of sp³-hybridized carbons (Fsp3) is 0.632. The number of amides is 3. The number of aromatic nitrogens is 1. The Kier molecular flexibility index (Phi) is 6.88. The molecule has 3 rings (SSSR count). The van der Waals surface area contributed by atoms with E-state index in [1.54, 1.807) is 26.0 Å². The lowest BCUT2D eigenvalue weighted by molar-refractivity contribution is -0.137. The first-order valence-corrected chi connectivity index (χ1v) is 9.78. The summed E-state index contributed by atoms with van der Waals surface area (Å²) in [7, 11) is 2.04. The average molecular weight is 407 g/mol. The van der Waals surface area contributed by atoms with E-state index in [4.69, 9.17) is 9.26 Å². The van der Waals surface area contributed by atoms with E-state index in [0.717, 1.165) is 13.1 Å². The van der Waals surface area contributed by atoms with Crippen molar-refractivity contribution in [2.45, 2.75) is 38.5 Å². The van der Waals surface area contributed by atoms with E-state index in [0.29, 0.717) is 30.2 Å². The number of carbonyl (C=O) groups is 2. The molecule has 0 spiro atoms. The van der Waals surface area contributed by atoms with Crippen molar-refractivity contribution in [3.05, 3.63) is 23.6 Å². The van der Waals surface area contributed by atoms with Gasteiger partial charge in [0.05, 0.1) is 25.2 Å². The molecule has 0 aliphatic carbocycles. The van der Waals surface area contributed by atoms with Crippen LogP contribution in [0.2, 0.25) is 0 Å². The van der Waals surface area contributed by atoms with Crippen molar-refractivity contribution in [1.82, 2.24) is 20.3 Å². The number of carbonyl (C=O) groups excluding carboxylic acids is 2. The number of hydrogen-bond donors (Lipinski definition) is 3. The molecule has 2 aliphatic heterocycles. The second kappa shape index (κ2) is 9.38. The van der Waals surface area contributed by atoms with E-state index >= 15 is 0 Å². The van der Waals surface area contributed by atoms with Gasteiger partial charge in [0, 0.05) is 26.2 Å². The van der Waals surface area contributed by atoms with Crippen LogP contribution in [0.1, 0.15) is 17.9 Å². The van der Waals surface area contributed by atoms with Gasteiger partial charge >= 0.3 is 6.03 Å². The Labute approximate surface area is 169 Å². The molecule has 0 saturated carbocycles. The average Bonchev–Trinajstić information content (AvgIpc) is 3.01. The summed E-state index contributed by atoms with van der Waals surface area (Å²) in [5.41, 5.74) is 1.09. The number of aliphatic hydroxyl groups excluding tert-OH is 1. The molecular formula is C19H29N5O5. The number of ether oxygens (including phenoxy) is 1. The van der Waals surface area contributed by atoms with Crippen molar-refractivity contribution in [3.63, 3.8) is 0 Å². The number of aryl methyl sites for hydroxylation is 2. The molecule has 10 nitrogen and oxygen atoms in total. The molecule has 0 unspecified atom stereocenters. The van der Waals surface area contributed by atoms with Gasteiger partial charge in [-0.2, -0.15) is 0 Å². The number of nitrogens with zero attached hydrogens (tertiary/aromatic N) is 3. The fourth-order valence-electron chi connectivity index (χ4n) is 3.46. The van der Waals surface area contributed by atoms with Crippen LogP contribution in [-0.4, -0.2) is 90.1 Å². The number of anilines is 1. The van der Waals surface area contributed by atoms with Crippen LogP contribution in [0.4, 0.5) is 10.5 Å². The Bertz CT molecular complexity index is 737. The number of nitrogens with one attached hydrogen (secondary N) is 2. The fourth-order valence-corrected chi connectivity index (χ4v) is 3.46. The largest absolute Gasteiger partial charge is 0.394 e. The number of piperazine rings is 1. The Hall–Kier alpha value is -2.43. The topological polar surface area (TPSA) is 120 Å². The van der Waals surface area contributed by atoms with E-state index in [9.17, 15) is 14.7 Å². The zero-order valence-electron chi connectivity index (χ0n) is 17.1. The predicted molar refractivity (Wildman–Crippen MR) is 106 cm³/mol. The van der Waals surface area contributed by atoms with Crippen molar-refractivity contribution in [1.29, 1.82) is 0 Å². The molecule has 160 valence electrons. The highest BCUT2D eigenvalue weighted by Crippen LogP contribution is 2.20. The Balaban J connectivity index is 1.54. The highest BCUT2D eigenvalue weighted by molar-refractivity contribution is 5.90. The first kappa shape index (κ1) is 21.3. The molecule has 3 amide bonds. The van der Waals surface area contributed by atoms with Gasteiger partial charge in [0.1, 0.15) is 17.5 Å². The molecule has 0 radical (unpaired) electrons. The van der Waals surface area contributed by atoms with E-state index in [-0.39, 0.29) is 18.9 Å². The van der Waals surface area contributed by atoms with E-state index < -0.39 is 24.3 Å². The smallest absolute Gasteiger partial charge is 0.319 e. The minimum Gasteiger partial charge on any atom is -0.394 e. The van der Waals surface area contributed by atoms with Crippen molar-refractivity contribution in [2.24, 2.45) is 0 Å². The van der Waals surface area contributed by atoms with Gasteiger partial charge in [-0.25, -0.2) is 4.79 Å². The first-order chi connectivity index (χ1) is 13.9. The van der Waals surface area contributed by atoms with Gasteiger partial charge in [-0.15, -0.1) is 0 Å². The van der Waals surface area contributed by atoms with Crippen LogP contribution in [0.5, 0.6) is 0 Å². The van der Waals surface area contributed by atoms with Crippen LogP contribution in [-0.2, 0) is 9.53 Å². The maximum Gasteiger partial charge on any atom is 0.319 e. The Morgan fingerprint density at radius 1 is 1.24 bits per heavy atom. The van der Waals surface area contributed by atoms with Crippen molar-refractivity contribution in [2.75, 3.05) is 45.2 Å². The lowest BCUT2D eigenvalue weighted by Gasteiger charge is -2.35. The van der Waals surface area contributed by atoms with E-state index in [1.165, 1.54) is 0 Å². The monoisotopic (exact) mass is 407 g/mol. The second-order valence-corrected chi connectivity index (χ2v) is 7.49. The molecule has 3 atom stereocenters. The van der Waals surface area contributed by atoms with Crippen LogP contribution in [0.3, 0.4) is 0 Å².